The van der Waals surface area contributed by atoms with E-state index in [9.17, 15) is 9.90 Å². The number of rotatable bonds is 5. The standard InChI is InChI=1S/C20H25NO3/c1-20(2,3)17-11-9-16(10-12-17)18(13-22)21-19(23)24-14-15-7-5-4-6-8-15/h4-12,18,22H,13-14H2,1-3H3,(H,21,23)/t18-/m0/s1. The van der Waals surface area contributed by atoms with Crippen LogP contribution in [0.25, 0.3) is 0 Å². The molecule has 0 unspecified atom stereocenters. The summed E-state index contributed by atoms with van der Waals surface area (Å²) < 4.78 is 5.20. The minimum atomic E-state index is -0.544. The summed E-state index contributed by atoms with van der Waals surface area (Å²) in [6.45, 7) is 6.45. The maximum absolute atomic E-state index is 11.9. The number of hydrogen-bond donors (Lipinski definition) is 2. The maximum atomic E-state index is 11.9. The average Bonchev–Trinajstić information content (AvgIpc) is 2.58. The summed E-state index contributed by atoms with van der Waals surface area (Å²) in [5, 5.41) is 12.3. The second-order valence-corrected chi connectivity index (χ2v) is 6.81. The topological polar surface area (TPSA) is 58.6 Å². The third-order valence-corrected chi connectivity index (χ3v) is 3.87. The van der Waals surface area contributed by atoms with Crippen molar-refractivity contribution in [2.24, 2.45) is 0 Å². The van der Waals surface area contributed by atoms with E-state index in [0.717, 1.165) is 11.1 Å². The molecule has 1 atom stereocenters. The second-order valence-electron chi connectivity index (χ2n) is 6.81. The molecule has 24 heavy (non-hydrogen) atoms. The van der Waals surface area contributed by atoms with Gasteiger partial charge in [0.05, 0.1) is 12.6 Å². The third-order valence-electron chi connectivity index (χ3n) is 3.87. The minimum absolute atomic E-state index is 0.0648. The number of alkyl carbamates (subject to hydrolysis) is 1. The summed E-state index contributed by atoms with van der Waals surface area (Å²) in [7, 11) is 0. The van der Waals surface area contributed by atoms with Crippen molar-refractivity contribution in [3.05, 3.63) is 71.3 Å². The van der Waals surface area contributed by atoms with Crippen molar-refractivity contribution in [1.29, 1.82) is 0 Å². The van der Waals surface area contributed by atoms with Gasteiger partial charge < -0.3 is 15.2 Å². The SMILES string of the molecule is CC(C)(C)c1ccc([C@H](CO)NC(=O)OCc2ccccc2)cc1. The van der Waals surface area contributed by atoms with Crippen LogP contribution in [-0.4, -0.2) is 17.8 Å². The number of carbonyl (C=O) groups is 1. The van der Waals surface area contributed by atoms with Crippen molar-refractivity contribution >= 4 is 6.09 Å². The molecule has 2 rings (SSSR count). The lowest BCUT2D eigenvalue weighted by Gasteiger charge is -2.21. The van der Waals surface area contributed by atoms with E-state index in [1.165, 1.54) is 5.56 Å². The smallest absolute Gasteiger partial charge is 0.408 e. The van der Waals surface area contributed by atoms with E-state index in [0.29, 0.717) is 0 Å². The fourth-order valence-corrected chi connectivity index (χ4v) is 2.36. The zero-order chi connectivity index (χ0) is 17.6. The molecule has 128 valence electrons. The molecule has 0 saturated carbocycles. The van der Waals surface area contributed by atoms with Crippen molar-refractivity contribution in [2.45, 2.75) is 38.8 Å². The first kappa shape index (κ1) is 18.0. The van der Waals surface area contributed by atoms with Crippen LogP contribution in [0.5, 0.6) is 0 Å². The Morgan fingerprint density at radius 1 is 1.08 bits per heavy atom. The fraction of sp³-hybridized carbons (Fsp3) is 0.350. The molecule has 0 fully saturated rings. The van der Waals surface area contributed by atoms with Crippen LogP contribution in [-0.2, 0) is 16.8 Å². The monoisotopic (exact) mass is 327 g/mol. The van der Waals surface area contributed by atoms with Gasteiger partial charge in [-0.3, -0.25) is 0 Å². The molecule has 0 radical (unpaired) electrons. The predicted octanol–water partition coefficient (Wildman–Crippen LogP) is 3.94. The first-order valence-corrected chi connectivity index (χ1v) is 8.08. The molecule has 2 aromatic rings. The highest BCUT2D eigenvalue weighted by atomic mass is 16.5. The molecule has 4 nitrogen and oxygen atoms in total. The Hall–Kier alpha value is -2.33. The number of hydrogen-bond acceptors (Lipinski definition) is 3. The lowest BCUT2D eigenvalue weighted by molar-refractivity contribution is 0.129. The Kier molecular flexibility index (Phi) is 5.99. The highest BCUT2D eigenvalue weighted by Gasteiger charge is 2.17. The Bertz CT molecular complexity index is 645. The van der Waals surface area contributed by atoms with E-state index >= 15 is 0 Å². The number of amides is 1. The van der Waals surface area contributed by atoms with Crippen LogP contribution in [0.1, 0.15) is 43.5 Å². The molecule has 0 spiro atoms. The van der Waals surface area contributed by atoms with Gasteiger partial charge >= 0.3 is 6.09 Å². The molecule has 0 aliphatic heterocycles. The van der Waals surface area contributed by atoms with Gasteiger partial charge in [0.2, 0.25) is 0 Å². The fourth-order valence-electron chi connectivity index (χ4n) is 2.36. The lowest BCUT2D eigenvalue weighted by Crippen LogP contribution is -2.31. The zero-order valence-corrected chi connectivity index (χ0v) is 14.5. The Morgan fingerprint density at radius 2 is 1.71 bits per heavy atom. The van der Waals surface area contributed by atoms with Crippen LogP contribution in [0.15, 0.2) is 54.6 Å². The quantitative estimate of drug-likeness (QED) is 0.874. The Labute approximate surface area is 143 Å². The van der Waals surface area contributed by atoms with Gasteiger partial charge in [0.15, 0.2) is 0 Å². The van der Waals surface area contributed by atoms with Gasteiger partial charge in [-0.1, -0.05) is 75.4 Å². The van der Waals surface area contributed by atoms with Gasteiger partial charge in [-0.15, -0.1) is 0 Å². The number of aliphatic hydroxyl groups excluding tert-OH is 1. The molecule has 2 N–H and O–H groups in total. The number of carbonyl (C=O) groups excluding carboxylic acids is 1. The van der Waals surface area contributed by atoms with Gasteiger partial charge in [-0.25, -0.2) is 4.79 Å². The van der Waals surface area contributed by atoms with Crippen LogP contribution in [0.4, 0.5) is 4.79 Å². The van der Waals surface area contributed by atoms with Crippen LogP contribution in [0.2, 0.25) is 0 Å². The zero-order valence-electron chi connectivity index (χ0n) is 14.5. The number of aliphatic hydroxyl groups is 1. The third kappa shape index (κ3) is 5.10. The van der Waals surface area contributed by atoms with E-state index in [2.05, 4.69) is 26.1 Å². The van der Waals surface area contributed by atoms with Crippen LogP contribution in [0, 0.1) is 0 Å². The van der Waals surface area contributed by atoms with Crippen LogP contribution >= 0.6 is 0 Å². The van der Waals surface area contributed by atoms with Gasteiger partial charge in [-0.2, -0.15) is 0 Å². The Balaban J connectivity index is 1.94. The van der Waals surface area contributed by atoms with E-state index in [1.807, 2.05) is 54.6 Å². The predicted molar refractivity (Wildman–Crippen MR) is 94.7 cm³/mol. The summed E-state index contributed by atoms with van der Waals surface area (Å²) in [4.78, 5) is 11.9. The first-order chi connectivity index (χ1) is 11.4. The van der Waals surface area contributed by atoms with Gasteiger partial charge in [0, 0.05) is 0 Å². The van der Waals surface area contributed by atoms with Crippen molar-refractivity contribution in [1.82, 2.24) is 5.32 Å². The molecule has 0 bridgehead atoms. The second kappa shape index (κ2) is 7.97. The Morgan fingerprint density at radius 3 is 2.25 bits per heavy atom. The summed E-state index contributed by atoms with van der Waals surface area (Å²) in [5.41, 5.74) is 3.04. The van der Waals surface area contributed by atoms with Crippen molar-refractivity contribution in [2.75, 3.05) is 6.61 Å². The van der Waals surface area contributed by atoms with Crippen LogP contribution in [0.3, 0.4) is 0 Å². The summed E-state index contributed by atoms with van der Waals surface area (Å²) >= 11 is 0. The molecule has 0 saturated heterocycles. The van der Waals surface area contributed by atoms with E-state index in [-0.39, 0.29) is 18.6 Å². The summed E-state index contributed by atoms with van der Waals surface area (Å²) in [6, 6.07) is 16.9. The minimum Gasteiger partial charge on any atom is -0.445 e. The lowest BCUT2D eigenvalue weighted by atomic mass is 9.86. The molecule has 0 aliphatic rings. The van der Waals surface area contributed by atoms with Crippen molar-refractivity contribution < 1.29 is 14.6 Å². The van der Waals surface area contributed by atoms with E-state index < -0.39 is 12.1 Å². The van der Waals surface area contributed by atoms with Crippen LogP contribution < -0.4 is 5.32 Å². The maximum Gasteiger partial charge on any atom is 0.408 e. The van der Waals surface area contributed by atoms with Gasteiger partial charge in [-0.05, 0) is 22.1 Å². The number of nitrogens with one attached hydrogen (secondary N) is 1. The van der Waals surface area contributed by atoms with E-state index in [1.54, 1.807) is 0 Å². The van der Waals surface area contributed by atoms with E-state index in [4.69, 9.17) is 4.74 Å². The molecule has 1 amide bonds. The highest BCUT2D eigenvalue weighted by molar-refractivity contribution is 5.68. The normalized spacial score (nSPS) is 12.5. The largest absolute Gasteiger partial charge is 0.445 e. The molecular weight excluding hydrogens is 302 g/mol. The summed E-state index contributed by atoms with van der Waals surface area (Å²) in [5.74, 6) is 0. The molecule has 0 heterocycles. The van der Waals surface area contributed by atoms with Crippen molar-refractivity contribution in [3.8, 4) is 0 Å². The van der Waals surface area contributed by atoms with Gasteiger partial charge in [0.1, 0.15) is 6.61 Å². The molecule has 0 aromatic heterocycles. The molecule has 4 heteroatoms. The summed E-state index contributed by atoms with van der Waals surface area (Å²) in [6.07, 6.45) is -0.544. The molecule has 0 aliphatic carbocycles. The molecule has 2 aromatic carbocycles. The molecular formula is C20H25NO3. The number of ether oxygens (including phenoxy) is 1. The number of benzene rings is 2. The highest BCUT2D eigenvalue weighted by Crippen LogP contribution is 2.24. The van der Waals surface area contributed by atoms with Crippen molar-refractivity contribution in [3.63, 3.8) is 0 Å². The average molecular weight is 327 g/mol. The van der Waals surface area contributed by atoms with Gasteiger partial charge in [0.25, 0.3) is 0 Å². The first-order valence-electron chi connectivity index (χ1n) is 8.08.